The van der Waals surface area contributed by atoms with Crippen molar-refractivity contribution in [1.29, 1.82) is 0 Å². The maximum atomic E-state index is 11.6. The van der Waals surface area contributed by atoms with Crippen LogP contribution in [0.4, 0.5) is 0 Å². The first-order valence-corrected chi connectivity index (χ1v) is 7.39. The van der Waals surface area contributed by atoms with Crippen molar-refractivity contribution in [2.24, 2.45) is 0 Å². The third kappa shape index (κ3) is 4.63. The Kier molecular flexibility index (Phi) is 5.87. The van der Waals surface area contributed by atoms with Gasteiger partial charge in [-0.05, 0) is 18.1 Å². The van der Waals surface area contributed by atoms with Gasteiger partial charge in [-0.1, -0.05) is 60.7 Å². The van der Waals surface area contributed by atoms with Gasteiger partial charge in [-0.2, -0.15) is 0 Å². The number of aliphatic carboxylic acids is 1. The normalized spacial score (nSPS) is 14.9. The van der Waals surface area contributed by atoms with Crippen molar-refractivity contribution in [3.05, 3.63) is 71.8 Å². The van der Waals surface area contributed by atoms with Crippen LogP contribution in [-0.2, 0) is 22.7 Å². The van der Waals surface area contributed by atoms with E-state index in [0.717, 1.165) is 11.1 Å². The molecule has 0 spiro atoms. The first-order chi connectivity index (χ1) is 11.0. The lowest BCUT2D eigenvalue weighted by Crippen LogP contribution is -2.55. The molecule has 23 heavy (non-hydrogen) atoms. The van der Waals surface area contributed by atoms with E-state index in [1.165, 1.54) is 6.92 Å². The number of carboxylic acids is 1. The lowest BCUT2D eigenvalue weighted by atomic mass is 10.0. The molecular weight excluding hydrogens is 294 g/mol. The number of aliphatic hydroxyl groups is 1. The van der Waals surface area contributed by atoms with Crippen LogP contribution in [0.15, 0.2) is 60.7 Å². The Balaban J connectivity index is 1.99. The first kappa shape index (κ1) is 17.1. The van der Waals surface area contributed by atoms with Crippen LogP contribution in [-0.4, -0.2) is 28.0 Å². The third-order valence-corrected chi connectivity index (χ3v) is 3.67. The highest BCUT2D eigenvalue weighted by Crippen LogP contribution is 2.18. The second kappa shape index (κ2) is 7.87. The summed E-state index contributed by atoms with van der Waals surface area (Å²) in [7, 11) is 0. The number of carbonyl (C=O) groups is 1. The van der Waals surface area contributed by atoms with Crippen LogP contribution in [0.2, 0.25) is 0 Å². The van der Waals surface area contributed by atoms with Crippen LogP contribution in [0, 0.1) is 0 Å². The molecule has 0 amide bonds. The predicted octanol–water partition coefficient (Wildman–Crippen LogP) is 2.15. The van der Waals surface area contributed by atoms with E-state index in [1.807, 2.05) is 60.7 Å². The molecule has 3 N–H and O–H groups in total. The summed E-state index contributed by atoms with van der Waals surface area (Å²) >= 11 is 0. The van der Waals surface area contributed by atoms with Crippen molar-refractivity contribution < 1.29 is 19.7 Å². The minimum absolute atomic E-state index is 0.105. The van der Waals surface area contributed by atoms with E-state index >= 15 is 0 Å². The van der Waals surface area contributed by atoms with Gasteiger partial charge in [-0.25, -0.2) is 4.79 Å². The Hall–Kier alpha value is -2.21. The zero-order valence-electron chi connectivity index (χ0n) is 13.0. The van der Waals surface area contributed by atoms with Crippen LogP contribution in [0.3, 0.4) is 0 Å². The van der Waals surface area contributed by atoms with E-state index < -0.39 is 17.8 Å². The zero-order valence-corrected chi connectivity index (χ0v) is 13.0. The topological polar surface area (TPSA) is 78.8 Å². The molecule has 0 fully saturated rings. The Morgan fingerprint density at radius 1 is 1.09 bits per heavy atom. The molecule has 0 aromatic heterocycles. The Labute approximate surface area is 135 Å². The lowest BCUT2D eigenvalue weighted by Gasteiger charge is -2.31. The van der Waals surface area contributed by atoms with Gasteiger partial charge in [0.25, 0.3) is 0 Å². The summed E-state index contributed by atoms with van der Waals surface area (Å²) in [4.78, 5) is 11.6. The fourth-order valence-electron chi connectivity index (χ4n) is 2.07. The number of carboxylic acid groups (broad SMARTS) is 1. The van der Waals surface area contributed by atoms with Gasteiger partial charge in [0.15, 0.2) is 0 Å². The smallest absolute Gasteiger partial charge is 0.339 e. The van der Waals surface area contributed by atoms with Crippen molar-refractivity contribution >= 4 is 5.97 Å². The quantitative estimate of drug-likeness (QED) is 0.651. The van der Waals surface area contributed by atoms with Crippen LogP contribution in [0.1, 0.15) is 18.1 Å². The summed E-state index contributed by atoms with van der Waals surface area (Å²) in [5.74, 6) is -1.22. The number of rotatable bonds is 8. The molecule has 0 aliphatic rings. The minimum atomic E-state index is -1.75. The molecule has 2 unspecified atom stereocenters. The third-order valence-electron chi connectivity index (χ3n) is 3.67. The fraction of sp³-hybridized carbons (Fsp3) is 0.278. The number of benzene rings is 2. The van der Waals surface area contributed by atoms with Gasteiger partial charge in [0, 0.05) is 6.54 Å². The standard InChI is InChI=1S/C18H21NO4/c1-18(17(21)22,23-13-15-10-6-3-7-11-15)16(20)19-12-14-8-4-2-5-9-14/h2-11,16,19-20H,12-13H2,1H3,(H,21,22). The second-order valence-electron chi connectivity index (χ2n) is 5.46. The molecule has 5 heteroatoms. The second-order valence-corrected chi connectivity index (χ2v) is 5.46. The fourth-order valence-corrected chi connectivity index (χ4v) is 2.07. The number of hydrogen-bond acceptors (Lipinski definition) is 4. The molecule has 5 nitrogen and oxygen atoms in total. The van der Waals surface area contributed by atoms with Gasteiger partial charge in [-0.15, -0.1) is 0 Å². The highest BCUT2D eigenvalue weighted by molar-refractivity contribution is 5.77. The first-order valence-electron chi connectivity index (χ1n) is 7.39. The van der Waals surface area contributed by atoms with E-state index in [1.54, 1.807) is 0 Å². The Morgan fingerprint density at radius 3 is 2.13 bits per heavy atom. The molecule has 2 rings (SSSR count). The summed E-state index contributed by atoms with van der Waals surface area (Å²) < 4.78 is 5.52. The molecule has 0 aliphatic heterocycles. The largest absolute Gasteiger partial charge is 0.479 e. The molecule has 0 bridgehead atoms. The van der Waals surface area contributed by atoms with Crippen molar-refractivity contribution in [1.82, 2.24) is 5.32 Å². The van der Waals surface area contributed by atoms with Gasteiger partial charge >= 0.3 is 5.97 Å². The van der Waals surface area contributed by atoms with Gasteiger partial charge < -0.3 is 14.9 Å². The molecule has 0 saturated carbocycles. The van der Waals surface area contributed by atoms with Gasteiger partial charge in [0.1, 0.15) is 6.23 Å². The molecule has 122 valence electrons. The molecular formula is C18H21NO4. The van der Waals surface area contributed by atoms with E-state index in [2.05, 4.69) is 5.32 Å². The summed E-state index contributed by atoms with van der Waals surface area (Å²) in [6.45, 7) is 1.81. The number of hydrogen-bond donors (Lipinski definition) is 3. The molecule has 2 atom stereocenters. The highest BCUT2D eigenvalue weighted by atomic mass is 16.5. The minimum Gasteiger partial charge on any atom is -0.479 e. The SMILES string of the molecule is CC(OCc1ccccc1)(C(=O)O)C(O)NCc1ccccc1. The van der Waals surface area contributed by atoms with E-state index in [0.29, 0.717) is 6.54 Å². The number of ether oxygens (including phenoxy) is 1. The maximum absolute atomic E-state index is 11.6. The zero-order chi connectivity index (χ0) is 16.7. The number of nitrogens with one attached hydrogen (secondary N) is 1. The maximum Gasteiger partial charge on any atom is 0.339 e. The van der Waals surface area contributed by atoms with Crippen LogP contribution in [0.5, 0.6) is 0 Å². The average Bonchev–Trinajstić information content (AvgIpc) is 2.59. The highest BCUT2D eigenvalue weighted by Gasteiger charge is 2.42. The van der Waals surface area contributed by atoms with Crippen LogP contribution >= 0.6 is 0 Å². The summed E-state index contributed by atoms with van der Waals surface area (Å²) in [5.41, 5.74) is 0.0440. The van der Waals surface area contributed by atoms with E-state index in [-0.39, 0.29) is 6.61 Å². The van der Waals surface area contributed by atoms with Gasteiger partial charge in [0.2, 0.25) is 5.60 Å². The molecule has 0 heterocycles. The monoisotopic (exact) mass is 315 g/mol. The van der Waals surface area contributed by atoms with Crippen LogP contribution in [0.25, 0.3) is 0 Å². The summed E-state index contributed by atoms with van der Waals surface area (Å²) in [5, 5.41) is 22.5. The molecule has 2 aromatic carbocycles. The average molecular weight is 315 g/mol. The summed E-state index contributed by atoms with van der Waals surface area (Å²) in [6, 6.07) is 18.7. The lowest BCUT2D eigenvalue weighted by molar-refractivity contribution is -0.185. The molecule has 0 radical (unpaired) electrons. The van der Waals surface area contributed by atoms with Gasteiger partial charge in [-0.3, -0.25) is 5.32 Å². The van der Waals surface area contributed by atoms with Crippen molar-refractivity contribution in [3.8, 4) is 0 Å². The summed E-state index contributed by atoms with van der Waals surface area (Å²) in [6.07, 6.45) is -1.34. The number of aliphatic hydroxyl groups excluding tert-OH is 1. The molecule has 0 saturated heterocycles. The van der Waals surface area contributed by atoms with E-state index in [9.17, 15) is 15.0 Å². The van der Waals surface area contributed by atoms with E-state index in [4.69, 9.17) is 4.74 Å². The van der Waals surface area contributed by atoms with Gasteiger partial charge in [0.05, 0.1) is 6.61 Å². The molecule has 2 aromatic rings. The Morgan fingerprint density at radius 2 is 1.61 bits per heavy atom. The molecule has 0 aliphatic carbocycles. The van der Waals surface area contributed by atoms with Crippen molar-refractivity contribution in [2.45, 2.75) is 31.9 Å². The van der Waals surface area contributed by atoms with Crippen molar-refractivity contribution in [2.75, 3.05) is 0 Å². The van der Waals surface area contributed by atoms with Crippen molar-refractivity contribution in [3.63, 3.8) is 0 Å². The Bertz CT molecular complexity index is 617. The predicted molar refractivity (Wildman–Crippen MR) is 86.6 cm³/mol. The van der Waals surface area contributed by atoms with Crippen LogP contribution < -0.4 is 5.32 Å².